The first kappa shape index (κ1) is 23.6. The number of aromatic hydroxyl groups is 1. The Kier molecular flexibility index (Phi) is 7.06. The monoisotopic (exact) mass is 437 g/mol. The van der Waals surface area contributed by atoms with E-state index in [4.69, 9.17) is 14.0 Å². The van der Waals surface area contributed by atoms with Crippen molar-refractivity contribution in [2.75, 3.05) is 6.54 Å². The van der Waals surface area contributed by atoms with E-state index in [1.807, 2.05) is 58.0 Å². The molecule has 0 saturated carbocycles. The van der Waals surface area contributed by atoms with Gasteiger partial charge < -0.3 is 24.5 Å². The van der Waals surface area contributed by atoms with Crippen molar-refractivity contribution < 1.29 is 28.7 Å². The molecule has 3 rings (SSSR count). The van der Waals surface area contributed by atoms with Crippen molar-refractivity contribution in [2.24, 2.45) is 0 Å². The molecule has 168 valence electrons. The number of phenolic OH excluding ortho intramolecular Hbond substituents is 1. The van der Waals surface area contributed by atoms with Crippen LogP contribution < -0.4 is 5.32 Å². The summed E-state index contributed by atoms with van der Waals surface area (Å²) < 4.78 is 17.6. The van der Waals surface area contributed by atoms with Crippen LogP contribution in [0.1, 0.15) is 49.2 Å². The normalized spacial score (nSPS) is 17.1. The predicted molar refractivity (Wildman–Crippen MR) is 122 cm³/mol. The summed E-state index contributed by atoms with van der Waals surface area (Å²) in [5.74, 6) is -0.100. The first-order chi connectivity index (χ1) is 15.1. The number of phenols is 1. The van der Waals surface area contributed by atoms with Gasteiger partial charge in [-0.15, -0.1) is 0 Å². The van der Waals surface area contributed by atoms with Crippen molar-refractivity contribution in [1.82, 2.24) is 5.32 Å². The van der Waals surface area contributed by atoms with Crippen LogP contribution >= 0.6 is 0 Å². The van der Waals surface area contributed by atoms with Gasteiger partial charge in [-0.1, -0.05) is 42.5 Å². The third-order valence-electron chi connectivity index (χ3n) is 5.74. The Labute approximate surface area is 188 Å². The zero-order valence-electron chi connectivity index (χ0n) is 18.8. The molecule has 0 radical (unpaired) electrons. The lowest BCUT2D eigenvalue weighted by Gasteiger charge is -2.32. The molecule has 0 aromatic heterocycles. The summed E-state index contributed by atoms with van der Waals surface area (Å²) >= 11 is 0. The Morgan fingerprint density at radius 2 is 1.75 bits per heavy atom. The van der Waals surface area contributed by atoms with Crippen LogP contribution in [0, 0.1) is 0 Å². The molecular weight excluding hydrogens is 409 g/mol. The number of hydrogen-bond donors (Lipinski definition) is 2. The van der Waals surface area contributed by atoms with Crippen molar-refractivity contribution in [3.8, 4) is 5.75 Å². The molecule has 1 aliphatic rings. The lowest BCUT2D eigenvalue weighted by molar-refractivity contribution is 0.00578. The second-order valence-corrected chi connectivity index (χ2v) is 8.66. The van der Waals surface area contributed by atoms with Gasteiger partial charge >= 0.3 is 13.2 Å². The second-order valence-electron chi connectivity index (χ2n) is 8.66. The fourth-order valence-corrected chi connectivity index (χ4v) is 3.12. The maximum absolute atomic E-state index is 12.3. The average Bonchev–Trinajstić information content (AvgIpc) is 2.98. The highest BCUT2D eigenvalue weighted by Gasteiger charge is 2.52. The van der Waals surface area contributed by atoms with Gasteiger partial charge in [0.1, 0.15) is 12.4 Å². The van der Waals surface area contributed by atoms with Crippen molar-refractivity contribution >= 4 is 25.6 Å². The Morgan fingerprint density at radius 1 is 1.09 bits per heavy atom. The minimum atomic E-state index is -0.706. The zero-order valence-corrected chi connectivity index (χ0v) is 18.8. The van der Waals surface area contributed by atoms with Gasteiger partial charge in [-0.3, -0.25) is 4.79 Å². The van der Waals surface area contributed by atoms with Crippen LogP contribution in [0.5, 0.6) is 5.75 Å². The lowest BCUT2D eigenvalue weighted by atomic mass is 9.77. The maximum atomic E-state index is 12.3. The number of carbonyl (C=O) groups excluding carboxylic acids is 2. The summed E-state index contributed by atoms with van der Waals surface area (Å²) in [6.07, 6.45) is 1.78. The molecule has 7 nitrogen and oxygen atoms in total. The molecular formula is C24H28BNO6. The third-order valence-corrected chi connectivity index (χ3v) is 5.74. The predicted octanol–water partition coefficient (Wildman–Crippen LogP) is 4.15. The molecule has 0 spiro atoms. The Balaban J connectivity index is 1.76. The van der Waals surface area contributed by atoms with Crippen LogP contribution in [-0.2, 0) is 20.7 Å². The minimum Gasteiger partial charge on any atom is -0.507 e. The Morgan fingerprint density at radius 3 is 2.38 bits per heavy atom. The molecule has 1 amide bonds. The summed E-state index contributed by atoms with van der Waals surface area (Å²) in [4.78, 5) is 23.5. The van der Waals surface area contributed by atoms with Crippen LogP contribution in [0.25, 0.3) is 6.08 Å². The average molecular weight is 437 g/mol. The van der Waals surface area contributed by atoms with Crippen LogP contribution in [-0.4, -0.2) is 42.4 Å². The number of amides is 1. The van der Waals surface area contributed by atoms with E-state index in [0.29, 0.717) is 17.3 Å². The topological polar surface area (TPSA) is 94.1 Å². The van der Waals surface area contributed by atoms with E-state index in [0.717, 1.165) is 5.56 Å². The van der Waals surface area contributed by atoms with Crippen molar-refractivity contribution in [2.45, 2.75) is 45.5 Å². The van der Waals surface area contributed by atoms with E-state index >= 15 is 0 Å². The van der Waals surface area contributed by atoms with E-state index in [9.17, 15) is 14.7 Å². The SMILES string of the molecule is CC1(C)OB(C(=Cc2ccc(O)c(C=O)c2)CNC(=O)OCc2ccccc2)OC1(C)C. The molecule has 1 saturated heterocycles. The highest BCUT2D eigenvalue weighted by Crippen LogP contribution is 2.38. The number of carbonyl (C=O) groups is 2. The zero-order chi connectivity index (χ0) is 23.4. The number of aldehydes is 1. The van der Waals surface area contributed by atoms with Gasteiger partial charge in [-0.05, 0) is 56.4 Å². The molecule has 1 aliphatic heterocycles. The molecule has 0 atom stereocenters. The second kappa shape index (κ2) is 9.59. The van der Waals surface area contributed by atoms with Gasteiger partial charge in [0.2, 0.25) is 0 Å². The van der Waals surface area contributed by atoms with E-state index in [-0.39, 0.29) is 24.5 Å². The van der Waals surface area contributed by atoms with E-state index in [1.54, 1.807) is 18.2 Å². The standard InChI is InChI=1S/C24H28BNO6/c1-23(2)24(3,4)32-25(31-23)20(13-18-10-11-21(28)19(12-18)15-27)14-26-22(29)30-16-17-8-6-5-7-9-17/h5-13,15,28H,14,16H2,1-4H3,(H,26,29). The molecule has 0 unspecified atom stereocenters. The van der Waals surface area contributed by atoms with Gasteiger partial charge in [0.05, 0.1) is 16.8 Å². The van der Waals surface area contributed by atoms with E-state index in [2.05, 4.69) is 5.32 Å². The number of ether oxygens (including phenoxy) is 1. The molecule has 1 fully saturated rings. The number of hydrogen-bond acceptors (Lipinski definition) is 6. The first-order valence-electron chi connectivity index (χ1n) is 10.4. The number of rotatable bonds is 7. The third kappa shape index (κ3) is 5.58. The highest BCUT2D eigenvalue weighted by atomic mass is 16.7. The minimum absolute atomic E-state index is 0.100. The summed E-state index contributed by atoms with van der Waals surface area (Å²) in [7, 11) is -0.706. The summed E-state index contributed by atoms with van der Waals surface area (Å²) in [6.45, 7) is 8.04. The molecule has 8 heteroatoms. The quantitative estimate of drug-likeness (QED) is 0.500. The van der Waals surface area contributed by atoms with Crippen molar-refractivity contribution in [3.63, 3.8) is 0 Å². The van der Waals surface area contributed by atoms with Crippen LogP contribution in [0.2, 0.25) is 0 Å². The molecule has 32 heavy (non-hydrogen) atoms. The fourth-order valence-electron chi connectivity index (χ4n) is 3.12. The first-order valence-corrected chi connectivity index (χ1v) is 10.4. The number of alkyl carbamates (subject to hydrolysis) is 1. The highest BCUT2D eigenvalue weighted by molar-refractivity contribution is 6.56. The van der Waals surface area contributed by atoms with Gasteiger partial charge in [-0.25, -0.2) is 4.79 Å². The summed E-state index contributed by atoms with van der Waals surface area (Å²) in [6, 6.07) is 14.1. The number of nitrogens with one attached hydrogen (secondary N) is 1. The van der Waals surface area contributed by atoms with E-state index < -0.39 is 24.4 Å². The molecule has 1 heterocycles. The van der Waals surface area contributed by atoms with Crippen molar-refractivity contribution in [3.05, 3.63) is 70.7 Å². The number of benzene rings is 2. The van der Waals surface area contributed by atoms with Crippen molar-refractivity contribution in [1.29, 1.82) is 0 Å². The molecule has 2 N–H and O–H groups in total. The smallest absolute Gasteiger partial charge is 0.492 e. The summed E-state index contributed by atoms with van der Waals surface area (Å²) in [5.41, 5.74) is 1.23. The lowest BCUT2D eigenvalue weighted by Crippen LogP contribution is -2.41. The van der Waals surface area contributed by atoms with Gasteiger partial charge in [0.15, 0.2) is 6.29 Å². The maximum Gasteiger partial charge on any atom is 0.492 e. The van der Waals surface area contributed by atoms with Gasteiger partial charge in [0, 0.05) is 6.54 Å². The fraction of sp³-hybridized carbons (Fsp3) is 0.333. The Hall–Kier alpha value is -3.10. The molecule has 0 bridgehead atoms. The van der Waals surface area contributed by atoms with Gasteiger partial charge in [-0.2, -0.15) is 0 Å². The van der Waals surface area contributed by atoms with Gasteiger partial charge in [0.25, 0.3) is 0 Å². The largest absolute Gasteiger partial charge is 0.507 e. The van der Waals surface area contributed by atoms with Crippen LogP contribution in [0.4, 0.5) is 4.79 Å². The van der Waals surface area contributed by atoms with E-state index in [1.165, 1.54) is 6.07 Å². The van der Waals surface area contributed by atoms with Crippen LogP contribution in [0.15, 0.2) is 54.0 Å². The van der Waals surface area contributed by atoms with Crippen LogP contribution in [0.3, 0.4) is 0 Å². The summed E-state index contributed by atoms with van der Waals surface area (Å²) in [5, 5.41) is 12.5. The molecule has 0 aliphatic carbocycles. The molecule has 2 aromatic carbocycles. The molecule has 2 aromatic rings. The Bertz CT molecular complexity index is 987.